The molecule has 0 aromatic heterocycles. The number of benzene rings is 3. The molecule has 0 saturated heterocycles. The molecule has 160 valence electrons. The number of nitrogens with one attached hydrogen (secondary N) is 1. The summed E-state index contributed by atoms with van der Waals surface area (Å²) in [4.78, 5) is 23.2. The number of carbonyl (C=O) groups excluding carboxylic acids is 1. The molecule has 0 saturated carbocycles. The van der Waals surface area contributed by atoms with Crippen LogP contribution in [0.4, 0.5) is 0 Å². The molecule has 0 aliphatic rings. The number of ether oxygens (including phenoxy) is 1. The molecule has 0 unspecified atom stereocenters. The first-order chi connectivity index (χ1) is 15.0. The Morgan fingerprint density at radius 3 is 2.29 bits per heavy atom. The normalized spacial score (nSPS) is 11.5. The van der Waals surface area contributed by atoms with E-state index in [9.17, 15) is 9.59 Å². The molecule has 3 rings (SSSR count). The second-order valence-corrected chi connectivity index (χ2v) is 7.28. The van der Waals surface area contributed by atoms with Crippen LogP contribution in [0, 0.1) is 0 Å². The molecule has 0 bridgehead atoms. The Hall–Kier alpha value is -3.64. The van der Waals surface area contributed by atoms with E-state index in [4.69, 9.17) is 15.6 Å². The zero-order valence-corrected chi connectivity index (χ0v) is 17.4. The van der Waals surface area contributed by atoms with Crippen LogP contribution in [0.15, 0.2) is 72.8 Å². The van der Waals surface area contributed by atoms with Gasteiger partial charge in [0.15, 0.2) is 0 Å². The van der Waals surface area contributed by atoms with E-state index in [1.165, 1.54) is 0 Å². The quantitative estimate of drug-likeness (QED) is 0.495. The third-order valence-electron chi connectivity index (χ3n) is 5.05. The fraction of sp³-hybridized carbons (Fsp3) is 0.200. The molecule has 6 nitrogen and oxygen atoms in total. The van der Waals surface area contributed by atoms with E-state index in [-0.39, 0.29) is 12.3 Å². The molecule has 0 spiro atoms. The van der Waals surface area contributed by atoms with Gasteiger partial charge in [0.1, 0.15) is 11.8 Å². The third kappa shape index (κ3) is 6.17. The molecule has 0 radical (unpaired) electrons. The van der Waals surface area contributed by atoms with Gasteiger partial charge in [-0.05, 0) is 59.4 Å². The summed E-state index contributed by atoms with van der Waals surface area (Å²) in [6, 6.07) is 22.0. The Bertz CT molecular complexity index is 1030. The van der Waals surface area contributed by atoms with Crippen LogP contribution in [0.5, 0.6) is 5.75 Å². The van der Waals surface area contributed by atoms with Crippen LogP contribution >= 0.6 is 0 Å². The molecule has 31 heavy (non-hydrogen) atoms. The average Bonchev–Trinajstić information content (AvgIpc) is 2.80. The number of rotatable bonds is 9. The van der Waals surface area contributed by atoms with Gasteiger partial charge in [-0.25, -0.2) is 0 Å². The number of amides is 1. The number of aliphatic carboxylic acids is 1. The number of nitrogens with two attached hydrogens (primary N) is 1. The van der Waals surface area contributed by atoms with Gasteiger partial charge in [-0.1, -0.05) is 48.5 Å². The van der Waals surface area contributed by atoms with Gasteiger partial charge in [-0.15, -0.1) is 0 Å². The van der Waals surface area contributed by atoms with Gasteiger partial charge in [0, 0.05) is 12.1 Å². The molecule has 6 heteroatoms. The highest BCUT2D eigenvalue weighted by molar-refractivity contribution is 5.94. The van der Waals surface area contributed by atoms with E-state index in [2.05, 4.69) is 29.6 Å². The van der Waals surface area contributed by atoms with Gasteiger partial charge in [0.25, 0.3) is 5.91 Å². The monoisotopic (exact) mass is 418 g/mol. The average molecular weight is 418 g/mol. The molecule has 0 aliphatic heterocycles. The van der Waals surface area contributed by atoms with Crippen molar-refractivity contribution in [3.8, 4) is 16.9 Å². The van der Waals surface area contributed by atoms with Crippen molar-refractivity contribution < 1.29 is 19.4 Å². The Morgan fingerprint density at radius 1 is 0.968 bits per heavy atom. The zero-order chi connectivity index (χ0) is 22.2. The topological polar surface area (TPSA) is 102 Å². The van der Waals surface area contributed by atoms with Crippen molar-refractivity contribution >= 4 is 11.9 Å². The van der Waals surface area contributed by atoms with Crippen molar-refractivity contribution in [2.45, 2.75) is 18.9 Å². The first-order valence-corrected chi connectivity index (χ1v) is 10.0. The molecular formula is C25H26N2O4. The van der Waals surface area contributed by atoms with Crippen molar-refractivity contribution in [2.75, 3.05) is 13.7 Å². The van der Waals surface area contributed by atoms with Crippen LogP contribution in [-0.2, 0) is 17.6 Å². The summed E-state index contributed by atoms with van der Waals surface area (Å²) >= 11 is 0. The fourth-order valence-corrected chi connectivity index (χ4v) is 3.22. The molecule has 0 heterocycles. The second-order valence-electron chi connectivity index (χ2n) is 7.28. The van der Waals surface area contributed by atoms with Crippen LogP contribution in [0.1, 0.15) is 21.5 Å². The van der Waals surface area contributed by atoms with Crippen LogP contribution < -0.4 is 15.8 Å². The number of carboxylic acids is 1. The van der Waals surface area contributed by atoms with E-state index in [0.717, 1.165) is 34.4 Å². The predicted octanol–water partition coefficient (Wildman–Crippen LogP) is 3.29. The van der Waals surface area contributed by atoms with Crippen LogP contribution in [0.3, 0.4) is 0 Å². The number of methoxy groups -OCH3 is 1. The van der Waals surface area contributed by atoms with Gasteiger partial charge in [-0.3, -0.25) is 9.59 Å². The summed E-state index contributed by atoms with van der Waals surface area (Å²) in [5.74, 6) is -0.387. The number of carboxylic acid groups (broad SMARTS) is 1. The molecule has 1 atom stereocenters. The Balaban J connectivity index is 1.50. The maximum atomic E-state index is 12.3. The molecule has 1 amide bonds. The van der Waals surface area contributed by atoms with Crippen molar-refractivity contribution in [1.82, 2.24) is 5.32 Å². The maximum Gasteiger partial charge on any atom is 0.320 e. The van der Waals surface area contributed by atoms with Crippen molar-refractivity contribution in [3.63, 3.8) is 0 Å². The number of carbonyl (C=O) groups is 2. The molecular weight excluding hydrogens is 392 g/mol. The summed E-state index contributed by atoms with van der Waals surface area (Å²) < 4.78 is 5.28. The standard InChI is InChI=1S/C25H26N2O4/c1-31-22-4-2-3-21(16-22)19-9-5-17(6-10-19)13-14-27-24(28)20-11-7-18(8-12-20)15-23(26)25(29)30/h2-12,16,23H,13-15,26H2,1H3,(H,27,28)(H,29,30)/t23-/m0/s1. The molecule has 0 fully saturated rings. The molecule has 0 aliphatic carbocycles. The minimum Gasteiger partial charge on any atom is -0.497 e. The third-order valence-corrected chi connectivity index (χ3v) is 5.05. The van der Waals surface area contributed by atoms with Gasteiger partial charge in [0.05, 0.1) is 7.11 Å². The van der Waals surface area contributed by atoms with E-state index in [0.29, 0.717) is 12.1 Å². The summed E-state index contributed by atoms with van der Waals surface area (Å²) in [5, 5.41) is 11.8. The highest BCUT2D eigenvalue weighted by Crippen LogP contribution is 2.24. The van der Waals surface area contributed by atoms with Gasteiger partial charge >= 0.3 is 5.97 Å². The minimum absolute atomic E-state index is 0.165. The van der Waals surface area contributed by atoms with E-state index in [1.807, 2.05) is 24.3 Å². The predicted molar refractivity (Wildman–Crippen MR) is 120 cm³/mol. The lowest BCUT2D eigenvalue weighted by atomic mass is 10.0. The van der Waals surface area contributed by atoms with E-state index in [1.54, 1.807) is 31.4 Å². The van der Waals surface area contributed by atoms with Gasteiger partial charge in [-0.2, -0.15) is 0 Å². The lowest BCUT2D eigenvalue weighted by molar-refractivity contribution is -0.138. The van der Waals surface area contributed by atoms with Crippen molar-refractivity contribution in [3.05, 3.63) is 89.5 Å². The van der Waals surface area contributed by atoms with E-state index < -0.39 is 12.0 Å². The van der Waals surface area contributed by atoms with E-state index >= 15 is 0 Å². The van der Waals surface area contributed by atoms with Crippen LogP contribution in [0.25, 0.3) is 11.1 Å². The summed E-state index contributed by atoms with van der Waals surface area (Å²) in [6.07, 6.45) is 0.943. The Kier molecular flexibility index (Phi) is 7.40. The SMILES string of the molecule is COc1cccc(-c2ccc(CCNC(=O)c3ccc(C[C@H](N)C(=O)O)cc3)cc2)c1. The molecule has 4 N–H and O–H groups in total. The maximum absolute atomic E-state index is 12.3. The largest absolute Gasteiger partial charge is 0.497 e. The van der Waals surface area contributed by atoms with Gasteiger partial charge < -0.3 is 20.9 Å². The first-order valence-electron chi connectivity index (χ1n) is 10.0. The van der Waals surface area contributed by atoms with Crippen molar-refractivity contribution in [2.24, 2.45) is 5.73 Å². The van der Waals surface area contributed by atoms with Crippen molar-refractivity contribution in [1.29, 1.82) is 0 Å². The number of hydrogen-bond acceptors (Lipinski definition) is 4. The smallest absolute Gasteiger partial charge is 0.320 e. The summed E-state index contributed by atoms with van der Waals surface area (Å²) in [7, 11) is 1.65. The molecule has 3 aromatic carbocycles. The summed E-state index contributed by atoms with van der Waals surface area (Å²) in [6.45, 7) is 0.517. The van der Waals surface area contributed by atoms with Gasteiger partial charge in [0.2, 0.25) is 0 Å². The Morgan fingerprint density at radius 2 is 1.65 bits per heavy atom. The minimum atomic E-state index is -1.04. The number of hydrogen-bond donors (Lipinski definition) is 3. The second kappa shape index (κ2) is 10.4. The lowest BCUT2D eigenvalue weighted by Crippen LogP contribution is -2.32. The highest BCUT2D eigenvalue weighted by Gasteiger charge is 2.12. The van der Waals surface area contributed by atoms with Crippen LogP contribution in [0.2, 0.25) is 0 Å². The fourth-order valence-electron chi connectivity index (χ4n) is 3.22. The Labute approximate surface area is 181 Å². The summed E-state index contributed by atoms with van der Waals surface area (Å²) in [5.41, 5.74) is 10.2. The van der Waals surface area contributed by atoms with Crippen LogP contribution in [-0.4, -0.2) is 36.7 Å². The first kappa shape index (κ1) is 22.1. The molecule has 3 aromatic rings. The highest BCUT2D eigenvalue weighted by atomic mass is 16.5. The zero-order valence-electron chi connectivity index (χ0n) is 17.4. The lowest BCUT2D eigenvalue weighted by Gasteiger charge is -2.09.